The molecule has 3 heterocycles. The van der Waals surface area contributed by atoms with Gasteiger partial charge in [0.1, 0.15) is 4.75 Å². The molecule has 1 spiro atoms. The zero-order valence-electron chi connectivity index (χ0n) is 14.5. The summed E-state index contributed by atoms with van der Waals surface area (Å²) < 4.78 is 28.1. The Bertz CT molecular complexity index is 768. The Morgan fingerprint density at radius 1 is 1.29 bits per heavy atom. The molecule has 132 valence electrons. The van der Waals surface area contributed by atoms with Crippen LogP contribution in [0.4, 0.5) is 0 Å². The molecule has 6 heteroatoms. The van der Waals surface area contributed by atoms with Crippen molar-refractivity contribution < 1.29 is 8.42 Å². The van der Waals surface area contributed by atoms with E-state index in [1.54, 1.807) is 6.20 Å². The number of rotatable bonds is 3. The maximum atomic E-state index is 13.4. The van der Waals surface area contributed by atoms with E-state index in [0.717, 1.165) is 49.9 Å². The van der Waals surface area contributed by atoms with E-state index in [2.05, 4.69) is 24.3 Å². The highest BCUT2D eigenvalue weighted by atomic mass is 32.2. The highest BCUT2D eigenvalue weighted by molar-refractivity contribution is 7.94. The molecule has 1 N–H and O–H groups in total. The first-order chi connectivity index (χ1) is 11.4. The molecule has 0 bridgehead atoms. The van der Waals surface area contributed by atoms with Crippen molar-refractivity contribution in [2.75, 3.05) is 18.8 Å². The van der Waals surface area contributed by atoms with Gasteiger partial charge in [-0.2, -0.15) is 5.10 Å². The van der Waals surface area contributed by atoms with Crippen molar-refractivity contribution in [2.24, 2.45) is 23.2 Å². The van der Waals surface area contributed by atoms with Crippen molar-refractivity contribution in [1.82, 2.24) is 15.1 Å². The number of nitrogens with zero attached hydrogens (tertiary/aromatic N) is 2. The first-order valence-corrected chi connectivity index (χ1v) is 11.0. The van der Waals surface area contributed by atoms with Gasteiger partial charge in [0.05, 0.1) is 11.4 Å². The molecule has 2 aliphatic heterocycles. The molecule has 2 saturated heterocycles. The smallest absolute Gasteiger partial charge is 0.163 e. The van der Waals surface area contributed by atoms with E-state index < -0.39 is 14.6 Å². The molecule has 2 aliphatic carbocycles. The molecule has 5 rings (SSSR count). The van der Waals surface area contributed by atoms with E-state index in [0.29, 0.717) is 5.75 Å². The van der Waals surface area contributed by atoms with Crippen LogP contribution in [0, 0.1) is 23.2 Å². The van der Waals surface area contributed by atoms with Crippen LogP contribution in [-0.2, 0) is 14.6 Å². The molecule has 4 aliphatic rings. The van der Waals surface area contributed by atoms with Gasteiger partial charge in [-0.05, 0) is 69.9 Å². The summed E-state index contributed by atoms with van der Waals surface area (Å²) in [6.07, 6.45) is 6.28. The summed E-state index contributed by atoms with van der Waals surface area (Å²) in [5.41, 5.74) is 0.846. The summed E-state index contributed by atoms with van der Waals surface area (Å²) >= 11 is 0. The molecular weight excluding hydrogens is 322 g/mol. The molecule has 0 aromatic carbocycles. The summed E-state index contributed by atoms with van der Waals surface area (Å²) in [5, 5.41) is 7.99. The van der Waals surface area contributed by atoms with Crippen LogP contribution in [-0.4, -0.2) is 37.0 Å². The Morgan fingerprint density at radius 2 is 2.04 bits per heavy atom. The van der Waals surface area contributed by atoms with Crippen LogP contribution < -0.4 is 5.32 Å². The second-order valence-corrected chi connectivity index (χ2v) is 11.0. The molecule has 1 aromatic rings. The molecule has 5 nitrogen and oxygen atoms in total. The van der Waals surface area contributed by atoms with Crippen molar-refractivity contribution >= 4 is 9.84 Å². The molecular formula is C18H27N3O2S. The highest BCUT2D eigenvalue weighted by Crippen LogP contribution is 2.70. The van der Waals surface area contributed by atoms with E-state index in [9.17, 15) is 8.42 Å². The number of fused-ring (bicyclic) bond motifs is 1. The first-order valence-electron chi connectivity index (χ1n) is 9.38. The largest absolute Gasteiger partial charge is 0.316 e. The van der Waals surface area contributed by atoms with Gasteiger partial charge in [-0.25, -0.2) is 8.42 Å². The normalized spacial score (nSPS) is 45.5. The fourth-order valence-electron chi connectivity index (χ4n) is 6.41. The van der Waals surface area contributed by atoms with Crippen LogP contribution in [0.3, 0.4) is 0 Å². The molecule has 24 heavy (non-hydrogen) atoms. The van der Waals surface area contributed by atoms with E-state index in [-0.39, 0.29) is 17.4 Å². The lowest BCUT2D eigenvalue weighted by atomic mass is 9.64. The SMILES string of the molecule is CC(C)n1nccc1C1(C2CC3CC3C2)C2(CCNC2)CS1(=O)=O. The van der Waals surface area contributed by atoms with Gasteiger partial charge in [0, 0.05) is 24.2 Å². The molecule has 1 aromatic heterocycles. The van der Waals surface area contributed by atoms with Gasteiger partial charge in [0.25, 0.3) is 0 Å². The summed E-state index contributed by atoms with van der Waals surface area (Å²) in [5.74, 6) is 2.19. The molecule has 4 fully saturated rings. The van der Waals surface area contributed by atoms with Crippen molar-refractivity contribution in [1.29, 1.82) is 0 Å². The van der Waals surface area contributed by atoms with Crippen molar-refractivity contribution in [3.05, 3.63) is 18.0 Å². The van der Waals surface area contributed by atoms with Crippen LogP contribution in [0.25, 0.3) is 0 Å². The van der Waals surface area contributed by atoms with E-state index >= 15 is 0 Å². The third-order valence-corrected chi connectivity index (χ3v) is 10.2. The number of hydrogen-bond acceptors (Lipinski definition) is 4. The molecule has 4 unspecified atom stereocenters. The van der Waals surface area contributed by atoms with Gasteiger partial charge in [0.2, 0.25) is 0 Å². The number of hydrogen-bond donors (Lipinski definition) is 1. The maximum absolute atomic E-state index is 13.4. The molecule has 2 saturated carbocycles. The first kappa shape index (κ1) is 15.4. The Balaban J connectivity index is 1.73. The summed E-state index contributed by atoms with van der Waals surface area (Å²) in [6, 6.07) is 2.19. The molecule has 4 atom stereocenters. The van der Waals surface area contributed by atoms with Gasteiger partial charge in [-0.3, -0.25) is 4.68 Å². The number of aromatic nitrogens is 2. The van der Waals surface area contributed by atoms with Crippen LogP contribution in [0.5, 0.6) is 0 Å². The average molecular weight is 350 g/mol. The van der Waals surface area contributed by atoms with Crippen LogP contribution in [0.15, 0.2) is 12.3 Å². The minimum Gasteiger partial charge on any atom is -0.316 e. The van der Waals surface area contributed by atoms with Crippen LogP contribution in [0.2, 0.25) is 0 Å². The minimum absolute atomic E-state index is 0.125. The van der Waals surface area contributed by atoms with E-state index in [4.69, 9.17) is 0 Å². The fraction of sp³-hybridized carbons (Fsp3) is 0.833. The van der Waals surface area contributed by atoms with Crippen LogP contribution in [0.1, 0.15) is 51.3 Å². The third kappa shape index (κ3) is 1.64. The Morgan fingerprint density at radius 3 is 2.62 bits per heavy atom. The predicted octanol–water partition coefficient (Wildman–Crippen LogP) is 2.11. The summed E-state index contributed by atoms with van der Waals surface area (Å²) in [4.78, 5) is 0. The maximum Gasteiger partial charge on any atom is 0.163 e. The summed E-state index contributed by atoms with van der Waals surface area (Å²) in [7, 11) is -3.14. The Labute approximate surface area is 144 Å². The highest BCUT2D eigenvalue weighted by Gasteiger charge is 2.76. The van der Waals surface area contributed by atoms with Gasteiger partial charge < -0.3 is 5.32 Å². The zero-order valence-corrected chi connectivity index (χ0v) is 15.3. The number of sulfone groups is 1. The minimum atomic E-state index is -3.14. The fourth-order valence-corrected chi connectivity index (χ4v) is 9.68. The quantitative estimate of drug-likeness (QED) is 0.908. The van der Waals surface area contributed by atoms with E-state index in [1.165, 1.54) is 6.42 Å². The molecule has 0 radical (unpaired) electrons. The molecule has 0 amide bonds. The van der Waals surface area contributed by atoms with Crippen LogP contribution >= 0.6 is 0 Å². The van der Waals surface area contributed by atoms with E-state index in [1.807, 2.05) is 10.7 Å². The lowest BCUT2D eigenvalue weighted by Gasteiger charge is -2.59. The second-order valence-electron chi connectivity index (χ2n) is 8.88. The second kappa shape index (κ2) is 4.64. The lowest BCUT2D eigenvalue weighted by molar-refractivity contribution is 0.114. The average Bonchev–Trinajstić information content (AvgIpc) is 2.96. The van der Waals surface area contributed by atoms with Gasteiger partial charge in [-0.1, -0.05) is 0 Å². The number of nitrogens with one attached hydrogen (secondary N) is 1. The Kier molecular flexibility index (Phi) is 2.97. The topological polar surface area (TPSA) is 64.0 Å². The van der Waals surface area contributed by atoms with Gasteiger partial charge in [0.15, 0.2) is 9.84 Å². The monoisotopic (exact) mass is 349 g/mol. The van der Waals surface area contributed by atoms with Crippen molar-refractivity contribution in [3.63, 3.8) is 0 Å². The Hall–Kier alpha value is -0.880. The predicted molar refractivity (Wildman–Crippen MR) is 92.3 cm³/mol. The van der Waals surface area contributed by atoms with Crippen molar-refractivity contribution in [2.45, 2.75) is 50.3 Å². The van der Waals surface area contributed by atoms with Gasteiger partial charge >= 0.3 is 0 Å². The lowest BCUT2D eigenvalue weighted by Crippen LogP contribution is -2.70. The standard InChI is InChI=1S/C18H27N3O2S/c1-12(2)21-16(3-5-20-21)18(15-8-13-7-14(13)9-15)17(4-6-19-10-17)11-24(18,22)23/h3,5,12-15,19H,4,6-11H2,1-2H3. The van der Waals surface area contributed by atoms with Gasteiger partial charge in [-0.15, -0.1) is 0 Å². The third-order valence-electron chi connectivity index (χ3n) is 7.35. The zero-order chi connectivity index (χ0) is 16.7. The van der Waals surface area contributed by atoms with Crippen molar-refractivity contribution in [3.8, 4) is 0 Å². The summed E-state index contributed by atoms with van der Waals surface area (Å²) in [6.45, 7) is 5.97.